The van der Waals surface area contributed by atoms with Crippen LogP contribution in [0.5, 0.6) is 0 Å². The molecule has 1 aliphatic heterocycles. The smallest absolute Gasteiger partial charge is 0.251 e. The summed E-state index contributed by atoms with van der Waals surface area (Å²) in [5.41, 5.74) is 2.73. The van der Waals surface area contributed by atoms with E-state index in [1.54, 1.807) is 6.20 Å². The number of hydrogen-bond donors (Lipinski definition) is 1. The van der Waals surface area contributed by atoms with Gasteiger partial charge < -0.3 is 5.32 Å². The van der Waals surface area contributed by atoms with E-state index in [1.165, 1.54) is 12.8 Å². The van der Waals surface area contributed by atoms with Crippen molar-refractivity contribution < 1.29 is 4.79 Å². The molecule has 27 heavy (non-hydrogen) atoms. The van der Waals surface area contributed by atoms with E-state index in [-0.39, 0.29) is 5.91 Å². The number of piperidine rings is 1. The van der Waals surface area contributed by atoms with Crippen LogP contribution in [0.1, 0.15) is 49.7 Å². The molecule has 1 saturated heterocycles. The minimum Gasteiger partial charge on any atom is -0.350 e. The number of benzene rings is 1. The lowest BCUT2D eigenvalue weighted by Gasteiger charge is -2.38. The van der Waals surface area contributed by atoms with E-state index < -0.39 is 0 Å². The molecule has 1 unspecified atom stereocenters. The Morgan fingerprint density at radius 2 is 1.85 bits per heavy atom. The average molecular weight is 369 g/mol. The zero-order valence-corrected chi connectivity index (χ0v) is 17.0. The highest BCUT2D eigenvalue weighted by Crippen LogP contribution is 2.21. The summed E-state index contributed by atoms with van der Waals surface area (Å²) in [4.78, 5) is 15.2. The minimum atomic E-state index is -0.00485. The van der Waals surface area contributed by atoms with E-state index in [0.29, 0.717) is 24.1 Å². The Morgan fingerprint density at radius 1 is 1.19 bits per heavy atom. The van der Waals surface area contributed by atoms with Crippen molar-refractivity contribution in [2.45, 2.75) is 46.6 Å². The molecule has 2 heterocycles. The number of aryl methyl sites for hydroxylation is 1. The molecule has 1 N–H and O–H groups in total. The van der Waals surface area contributed by atoms with Crippen molar-refractivity contribution in [2.75, 3.05) is 19.6 Å². The van der Waals surface area contributed by atoms with E-state index in [1.807, 2.05) is 41.9 Å². The molecule has 3 rings (SSSR count). The van der Waals surface area contributed by atoms with Gasteiger partial charge in [0.15, 0.2) is 0 Å². The van der Waals surface area contributed by atoms with Gasteiger partial charge in [-0.05, 0) is 75.0 Å². The summed E-state index contributed by atoms with van der Waals surface area (Å²) in [6.07, 6.45) is 4.29. The van der Waals surface area contributed by atoms with Crippen LogP contribution in [0.15, 0.2) is 36.5 Å². The van der Waals surface area contributed by atoms with Gasteiger partial charge in [-0.15, -0.1) is 0 Å². The van der Waals surface area contributed by atoms with Gasteiger partial charge in [-0.3, -0.25) is 9.69 Å². The summed E-state index contributed by atoms with van der Waals surface area (Å²) >= 11 is 0. The average Bonchev–Trinajstić information content (AvgIpc) is 3.09. The molecule has 0 radical (unpaired) electrons. The number of rotatable bonds is 6. The second-order valence-corrected chi connectivity index (χ2v) is 8.17. The van der Waals surface area contributed by atoms with Crippen molar-refractivity contribution >= 4 is 5.91 Å². The molecule has 1 amide bonds. The fraction of sp³-hybridized carbons (Fsp3) is 0.545. The number of carbonyl (C=O) groups excluding carboxylic acids is 1. The molecule has 1 aromatic carbocycles. The van der Waals surface area contributed by atoms with Crippen molar-refractivity contribution in [1.82, 2.24) is 20.0 Å². The molecule has 1 fully saturated rings. The van der Waals surface area contributed by atoms with Crippen LogP contribution in [0.2, 0.25) is 0 Å². The Hall–Kier alpha value is -2.14. The molecule has 5 heteroatoms. The molecule has 5 nitrogen and oxygen atoms in total. The van der Waals surface area contributed by atoms with Gasteiger partial charge in [0.1, 0.15) is 0 Å². The summed E-state index contributed by atoms with van der Waals surface area (Å²) in [7, 11) is 0. The van der Waals surface area contributed by atoms with E-state index in [4.69, 9.17) is 0 Å². The first-order valence-corrected chi connectivity index (χ1v) is 10.1. The van der Waals surface area contributed by atoms with Crippen molar-refractivity contribution in [3.05, 3.63) is 47.8 Å². The Morgan fingerprint density at radius 3 is 2.41 bits per heavy atom. The van der Waals surface area contributed by atoms with Crippen LogP contribution in [0.25, 0.3) is 5.69 Å². The Balaban J connectivity index is 1.60. The number of amides is 1. The van der Waals surface area contributed by atoms with Crippen LogP contribution in [0, 0.1) is 18.8 Å². The maximum absolute atomic E-state index is 12.6. The van der Waals surface area contributed by atoms with Crippen LogP contribution >= 0.6 is 0 Å². The molecule has 0 bridgehead atoms. The number of nitrogens with zero attached hydrogens (tertiary/aromatic N) is 3. The van der Waals surface area contributed by atoms with Gasteiger partial charge >= 0.3 is 0 Å². The van der Waals surface area contributed by atoms with Gasteiger partial charge in [0.25, 0.3) is 5.91 Å². The number of hydrogen-bond acceptors (Lipinski definition) is 3. The highest BCUT2D eigenvalue weighted by Gasteiger charge is 2.26. The lowest BCUT2D eigenvalue weighted by Crippen LogP contribution is -2.49. The summed E-state index contributed by atoms with van der Waals surface area (Å²) in [5.74, 6) is 1.33. The number of nitrogens with one attached hydrogen (secondary N) is 1. The maximum atomic E-state index is 12.6. The highest BCUT2D eigenvalue weighted by atomic mass is 16.1. The second kappa shape index (κ2) is 8.70. The van der Waals surface area contributed by atoms with Crippen molar-refractivity contribution in [2.24, 2.45) is 11.8 Å². The normalized spacial score (nSPS) is 17.2. The fourth-order valence-corrected chi connectivity index (χ4v) is 3.84. The van der Waals surface area contributed by atoms with Crippen molar-refractivity contribution in [3.8, 4) is 5.69 Å². The molecule has 146 valence electrons. The predicted octanol–water partition coefficient (Wildman–Crippen LogP) is 3.67. The number of carbonyl (C=O) groups is 1. The molecule has 0 saturated carbocycles. The maximum Gasteiger partial charge on any atom is 0.251 e. The summed E-state index contributed by atoms with van der Waals surface area (Å²) in [6, 6.07) is 10.0. The Bertz CT molecular complexity index is 742. The summed E-state index contributed by atoms with van der Waals surface area (Å²) in [6.45, 7) is 11.8. The molecule has 1 atom stereocenters. The molecule has 1 aromatic heterocycles. The van der Waals surface area contributed by atoms with Crippen LogP contribution in [0.3, 0.4) is 0 Å². The van der Waals surface area contributed by atoms with E-state index >= 15 is 0 Å². The van der Waals surface area contributed by atoms with E-state index in [2.05, 4.69) is 36.1 Å². The minimum absolute atomic E-state index is 0.00485. The standard InChI is InChI=1S/C22H32N4O/c1-16(2)21(25-13-10-17(3)11-14-25)15-23-22(27)19-5-7-20(8-6-19)26-18(4)9-12-24-26/h5-9,12,16-17,21H,10-11,13-15H2,1-4H3,(H,23,27). The van der Waals surface area contributed by atoms with Crippen molar-refractivity contribution in [3.63, 3.8) is 0 Å². The quantitative estimate of drug-likeness (QED) is 0.846. The first kappa shape index (κ1) is 19.6. The monoisotopic (exact) mass is 368 g/mol. The van der Waals surface area contributed by atoms with Gasteiger partial charge in [-0.1, -0.05) is 20.8 Å². The molecular weight excluding hydrogens is 336 g/mol. The Kier molecular flexibility index (Phi) is 6.32. The van der Waals surface area contributed by atoms with Gasteiger partial charge in [-0.25, -0.2) is 4.68 Å². The predicted molar refractivity (Wildman–Crippen MR) is 109 cm³/mol. The Labute approximate surface area is 162 Å². The van der Waals surface area contributed by atoms with Gasteiger partial charge in [0.05, 0.1) is 5.69 Å². The topological polar surface area (TPSA) is 50.2 Å². The van der Waals surface area contributed by atoms with Gasteiger partial charge in [0.2, 0.25) is 0 Å². The molecule has 0 aliphatic carbocycles. The number of aromatic nitrogens is 2. The first-order valence-electron chi connectivity index (χ1n) is 10.1. The fourth-order valence-electron chi connectivity index (χ4n) is 3.84. The van der Waals surface area contributed by atoms with E-state index in [9.17, 15) is 4.79 Å². The molecule has 1 aliphatic rings. The lowest BCUT2D eigenvalue weighted by atomic mass is 9.94. The largest absolute Gasteiger partial charge is 0.350 e. The third-order valence-electron chi connectivity index (χ3n) is 5.73. The molecule has 0 spiro atoms. The second-order valence-electron chi connectivity index (χ2n) is 8.17. The number of likely N-dealkylation sites (tertiary alicyclic amines) is 1. The van der Waals surface area contributed by atoms with Crippen LogP contribution < -0.4 is 5.32 Å². The third-order valence-corrected chi connectivity index (χ3v) is 5.73. The van der Waals surface area contributed by atoms with E-state index in [0.717, 1.165) is 30.4 Å². The first-order chi connectivity index (χ1) is 13.0. The summed E-state index contributed by atoms with van der Waals surface area (Å²) in [5, 5.41) is 7.46. The van der Waals surface area contributed by atoms with Gasteiger partial charge in [-0.2, -0.15) is 5.10 Å². The molecule has 2 aromatic rings. The zero-order valence-electron chi connectivity index (χ0n) is 17.0. The van der Waals surface area contributed by atoms with Crippen LogP contribution in [-0.4, -0.2) is 46.3 Å². The highest BCUT2D eigenvalue weighted by molar-refractivity contribution is 5.94. The third kappa shape index (κ3) is 4.78. The lowest BCUT2D eigenvalue weighted by molar-refractivity contribution is 0.0863. The molecular formula is C22H32N4O. The van der Waals surface area contributed by atoms with Crippen LogP contribution in [-0.2, 0) is 0 Å². The van der Waals surface area contributed by atoms with Crippen molar-refractivity contribution in [1.29, 1.82) is 0 Å². The SMILES string of the molecule is Cc1ccnn1-c1ccc(C(=O)NCC(C(C)C)N2CCC(C)CC2)cc1. The zero-order chi connectivity index (χ0) is 19.4. The van der Waals surface area contributed by atoms with Gasteiger partial charge in [0, 0.05) is 30.0 Å². The van der Waals surface area contributed by atoms with Crippen LogP contribution in [0.4, 0.5) is 0 Å². The summed E-state index contributed by atoms with van der Waals surface area (Å²) < 4.78 is 1.87.